The van der Waals surface area contributed by atoms with Crippen molar-refractivity contribution in [2.45, 2.75) is 101 Å². The van der Waals surface area contributed by atoms with E-state index in [9.17, 15) is 19.8 Å². The van der Waals surface area contributed by atoms with Crippen LogP contribution in [0, 0.1) is 11.8 Å². The van der Waals surface area contributed by atoms with Gasteiger partial charge < -0.3 is 29.2 Å². The van der Waals surface area contributed by atoms with E-state index in [1.807, 2.05) is 18.2 Å². The number of carboxylic acid groups (broad SMARTS) is 1. The zero-order valence-corrected chi connectivity index (χ0v) is 32.4. The fourth-order valence-corrected chi connectivity index (χ4v) is 9.75. The summed E-state index contributed by atoms with van der Waals surface area (Å²) in [5.41, 5.74) is 1.67. The molecule has 4 aliphatic rings. The minimum absolute atomic E-state index is 0.0295. The monoisotopic (exact) mass is 722 g/mol. The highest BCUT2D eigenvalue weighted by Gasteiger charge is 2.48. The molecule has 1 saturated carbocycles. The van der Waals surface area contributed by atoms with Crippen molar-refractivity contribution in [3.05, 3.63) is 70.3 Å². The molecule has 2 aromatic carbocycles. The van der Waals surface area contributed by atoms with Gasteiger partial charge in [-0.15, -0.1) is 0 Å². The summed E-state index contributed by atoms with van der Waals surface area (Å²) < 4.78 is 13.9. The molecule has 0 saturated heterocycles. The minimum Gasteiger partial charge on any atom is -0.490 e. The van der Waals surface area contributed by atoms with Gasteiger partial charge in [0.1, 0.15) is 11.2 Å². The number of carbonyl (C=O) groups excluding carboxylic acids is 1. The van der Waals surface area contributed by atoms with E-state index in [4.69, 9.17) is 20.8 Å². The number of aliphatic hydroxyl groups is 1. The Morgan fingerprint density at radius 2 is 1.94 bits per heavy atom. The van der Waals surface area contributed by atoms with Gasteiger partial charge >= 0.3 is 5.97 Å². The first kappa shape index (κ1) is 36.9. The van der Waals surface area contributed by atoms with Gasteiger partial charge in [-0.05, 0) is 109 Å². The molecule has 2 bridgehead atoms. The highest BCUT2D eigenvalue weighted by molar-refractivity contribution is 6.74. The molecule has 1 spiro atoms. The fraction of sp³-hybridized carbons (Fsp3) is 0.600. The number of hydrogen-bond donors (Lipinski definition) is 2. The molecule has 1 fully saturated rings. The number of amides is 1. The van der Waals surface area contributed by atoms with E-state index in [1.165, 1.54) is 11.1 Å². The average Bonchev–Trinajstić information content (AvgIpc) is 3.19. The molecule has 2 aromatic rings. The number of rotatable bonds is 4. The highest BCUT2D eigenvalue weighted by Crippen LogP contribution is 2.49. The van der Waals surface area contributed by atoms with Gasteiger partial charge in [-0.1, -0.05) is 56.7 Å². The summed E-state index contributed by atoms with van der Waals surface area (Å²) in [4.78, 5) is 30.7. The van der Waals surface area contributed by atoms with Crippen LogP contribution in [-0.2, 0) is 31.3 Å². The number of aliphatic hydroxyl groups excluding tert-OH is 1. The molecule has 0 aromatic heterocycles. The minimum atomic E-state index is -2.11. The summed E-state index contributed by atoms with van der Waals surface area (Å²) in [6, 6.07) is 11.7. The van der Waals surface area contributed by atoms with Crippen molar-refractivity contribution in [3.8, 4) is 5.75 Å². The third-order valence-electron chi connectivity index (χ3n) is 12.7. The number of benzene rings is 2. The number of carboxylic acids is 1. The van der Waals surface area contributed by atoms with E-state index >= 15 is 0 Å². The van der Waals surface area contributed by atoms with E-state index in [0.717, 1.165) is 49.4 Å². The lowest BCUT2D eigenvalue weighted by atomic mass is 9.68. The Balaban J connectivity index is 1.47. The zero-order valence-electron chi connectivity index (χ0n) is 30.6. The molecule has 8 nitrogen and oxygen atoms in total. The molecule has 10 heteroatoms. The number of anilines is 1. The molecule has 2 heterocycles. The van der Waals surface area contributed by atoms with Crippen molar-refractivity contribution in [3.63, 3.8) is 0 Å². The number of halogens is 1. The molecule has 2 N–H and O–H groups in total. The number of nitrogens with zero attached hydrogens (tertiary/aromatic N) is 2. The summed E-state index contributed by atoms with van der Waals surface area (Å²) in [5, 5.41) is 22.2. The molecule has 50 heavy (non-hydrogen) atoms. The van der Waals surface area contributed by atoms with E-state index in [-0.39, 0.29) is 28.9 Å². The molecule has 1 amide bonds. The first-order valence-corrected chi connectivity index (χ1v) is 21.6. The standard InChI is InChI=1S/C40H55ClN2O6Si/c1-38(2,3)50(5,6)49-34-11-7-8-19-42(4)36(45)22-40(25-44,37(46)47)29-13-17-35-33(21-29)43(23-28-12-15-31(28)34)24-39(26-48-35)18-9-10-27-20-30(41)14-16-32(27)39/h7,11,13-14,16-17,20-21,28,31,34,44H,8-10,12,15,18-19,22-26H2,1-6H3,(H,46,47)/b11-7+/t28-,31+,34-,39-,40-/m0/s1. The largest absolute Gasteiger partial charge is 0.490 e. The zero-order chi connectivity index (χ0) is 36.1. The Kier molecular flexibility index (Phi) is 10.3. The van der Waals surface area contributed by atoms with E-state index < -0.39 is 26.3 Å². The van der Waals surface area contributed by atoms with Crippen molar-refractivity contribution in [2.75, 3.05) is 44.8 Å². The molecule has 0 unspecified atom stereocenters. The van der Waals surface area contributed by atoms with Gasteiger partial charge in [0.15, 0.2) is 8.32 Å². The Labute approximate surface area is 303 Å². The average molecular weight is 723 g/mol. The summed E-state index contributed by atoms with van der Waals surface area (Å²) >= 11 is 6.49. The summed E-state index contributed by atoms with van der Waals surface area (Å²) in [5.74, 6) is -0.170. The number of hydrogen-bond acceptors (Lipinski definition) is 6. The molecule has 272 valence electrons. The van der Waals surface area contributed by atoms with Crippen molar-refractivity contribution in [1.82, 2.24) is 4.90 Å². The first-order valence-electron chi connectivity index (χ1n) is 18.3. The summed E-state index contributed by atoms with van der Waals surface area (Å²) in [7, 11) is -0.401. The van der Waals surface area contributed by atoms with Gasteiger partial charge in [-0.25, -0.2) is 0 Å². The van der Waals surface area contributed by atoms with Crippen LogP contribution in [0.3, 0.4) is 0 Å². The van der Waals surface area contributed by atoms with E-state index in [0.29, 0.717) is 49.3 Å². The van der Waals surface area contributed by atoms with Gasteiger partial charge in [-0.2, -0.15) is 0 Å². The van der Waals surface area contributed by atoms with Crippen molar-refractivity contribution in [2.24, 2.45) is 11.8 Å². The second-order valence-electron chi connectivity index (χ2n) is 16.9. The highest BCUT2D eigenvalue weighted by atomic mass is 35.5. The van der Waals surface area contributed by atoms with Gasteiger partial charge in [0.25, 0.3) is 0 Å². The molecule has 2 aliphatic carbocycles. The molecule has 0 radical (unpaired) electrons. The normalized spacial score (nSPS) is 29.7. The van der Waals surface area contributed by atoms with Crippen LogP contribution in [-0.4, -0.2) is 81.3 Å². The maximum atomic E-state index is 13.6. The Morgan fingerprint density at radius 1 is 1.16 bits per heavy atom. The van der Waals surface area contributed by atoms with Crippen LogP contribution in [0.4, 0.5) is 5.69 Å². The van der Waals surface area contributed by atoms with Gasteiger partial charge in [0.2, 0.25) is 5.91 Å². The second-order valence-corrected chi connectivity index (χ2v) is 22.1. The predicted octanol–water partition coefficient (Wildman–Crippen LogP) is 7.35. The summed E-state index contributed by atoms with van der Waals surface area (Å²) in [6.45, 7) is 13.2. The van der Waals surface area contributed by atoms with Crippen LogP contribution in [0.15, 0.2) is 48.6 Å². The molecule has 6 rings (SSSR count). The first-order chi connectivity index (χ1) is 23.6. The molecule has 5 atom stereocenters. The lowest BCUT2D eigenvalue weighted by Crippen LogP contribution is -2.52. The second kappa shape index (κ2) is 13.9. The lowest BCUT2D eigenvalue weighted by molar-refractivity contribution is -0.149. The van der Waals surface area contributed by atoms with E-state index in [2.05, 4.69) is 63.0 Å². The maximum Gasteiger partial charge on any atom is 0.317 e. The number of ether oxygens (including phenoxy) is 1. The van der Waals surface area contributed by atoms with Crippen molar-refractivity contribution < 1.29 is 29.0 Å². The van der Waals surface area contributed by atoms with Crippen LogP contribution in [0.1, 0.15) is 76.0 Å². The quantitative estimate of drug-likeness (QED) is 0.252. The van der Waals surface area contributed by atoms with Crippen LogP contribution in [0.25, 0.3) is 0 Å². The van der Waals surface area contributed by atoms with Crippen LogP contribution in [0.5, 0.6) is 5.75 Å². The third-order valence-corrected chi connectivity index (χ3v) is 17.4. The van der Waals surface area contributed by atoms with E-state index in [1.54, 1.807) is 18.0 Å². The number of fused-ring (bicyclic) bond motifs is 4. The van der Waals surface area contributed by atoms with Crippen molar-refractivity contribution >= 4 is 37.5 Å². The van der Waals surface area contributed by atoms with Gasteiger partial charge in [-0.3, -0.25) is 9.59 Å². The lowest BCUT2D eigenvalue weighted by Gasteiger charge is -2.48. The van der Waals surface area contributed by atoms with Crippen LogP contribution < -0.4 is 9.64 Å². The predicted molar refractivity (Wildman–Crippen MR) is 201 cm³/mol. The topological polar surface area (TPSA) is 99.5 Å². The number of aryl methyl sites for hydroxylation is 1. The Morgan fingerprint density at radius 3 is 2.62 bits per heavy atom. The Bertz CT molecular complexity index is 1640. The number of aliphatic carboxylic acids is 1. The van der Waals surface area contributed by atoms with Gasteiger partial charge in [0, 0.05) is 43.5 Å². The van der Waals surface area contributed by atoms with Crippen LogP contribution >= 0.6 is 11.6 Å². The molecular formula is C40H55ClN2O6Si. The fourth-order valence-electron chi connectivity index (χ4n) is 8.27. The van der Waals surface area contributed by atoms with Gasteiger partial charge in [0.05, 0.1) is 25.0 Å². The maximum absolute atomic E-state index is 13.6. The Hall–Kier alpha value is -2.85. The summed E-state index contributed by atoms with van der Waals surface area (Å²) in [6.07, 6.45) is 9.73. The van der Waals surface area contributed by atoms with Crippen LogP contribution in [0.2, 0.25) is 23.2 Å². The van der Waals surface area contributed by atoms with Crippen molar-refractivity contribution in [1.29, 1.82) is 0 Å². The third kappa shape index (κ3) is 6.87. The smallest absolute Gasteiger partial charge is 0.317 e. The number of carbonyl (C=O) groups is 2. The SMILES string of the molecule is CN1CC/C=C/[C@H](O[Si](C)(C)C(C)(C)C)[C@@H]2CC[C@H]2CN2C[C@@]3(CCCc4cc(Cl)ccc43)COc3ccc(cc32)[C@](CO)(C(=O)O)CC1=O. The molecule has 2 aliphatic heterocycles. The molecular weight excluding hydrogens is 668 g/mol.